The van der Waals surface area contributed by atoms with Crippen LogP contribution in [0.3, 0.4) is 0 Å². The summed E-state index contributed by atoms with van der Waals surface area (Å²) in [6.45, 7) is -0.281. The number of benzene rings is 2. The fourth-order valence-corrected chi connectivity index (χ4v) is 3.21. The first kappa shape index (κ1) is 18.7. The average molecular weight is 366 g/mol. The number of fused-ring (bicyclic) bond motifs is 1. The Morgan fingerprint density at radius 2 is 1.85 bits per heavy atom. The quantitative estimate of drug-likeness (QED) is 0.425. The molecule has 27 heavy (non-hydrogen) atoms. The summed E-state index contributed by atoms with van der Waals surface area (Å²) < 4.78 is 15.6. The number of ketones is 1. The van der Waals surface area contributed by atoms with Crippen LogP contribution in [0.5, 0.6) is 11.5 Å². The molecular formula is C22H22O5. The van der Waals surface area contributed by atoms with Crippen LogP contribution >= 0.6 is 0 Å². The van der Waals surface area contributed by atoms with E-state index in [0.717, 1.165) is 19.3 Å². The molecule has 0 spiro atoms. The molecule has 0 unspecified atom stereocenters. The van der Waals surface area contributed by atoms with E-state index in [2.05, 4.69) is 0 Å². The molecule has 0 heterocycles. The largest absolute Gasteiger partial charge is 0.493 e. The number of Topliss-reactive ketones (excluding diaryl/α,β-unsaturated/α-hetero) is 1. The molecule has 5 nitrogen and oxygen atoms in total. The monoisotopic (exact) mass is 366 g/mol. The van der Waals surface area contributed by atoms with E-state index < -0.39 is 5.97 Å². The van der Waals surface area contributed by atoms with Crippen LogP contribution < -0.4 is 9.47 Å². The van der Waals surface area contributed by atoms with Crippen LogP contribution in [0.4, 0.5) is 0 Å². The average Bonchev–Trinajstić information content (AvgIpc) is 3.17. The third-order valence-electron chi connectivity index (χ3n) is 4.60. The van der Waals surface area contributed by atoms with E-state index in [-0.39, 0.29) is 12.4 Å². The highest BCUT2D eigenvalue weighted by Crippen LogP contribution is 2.31. The minimum absolute atomic E-state index is 0.203. The minimum atomic E-state index is -0.589. The maximum absolute atomic E-state index is 12.3. The summed E-state index contributed by atoms with van der Waals surface area (Å²) in [6.07, 6.45) is 6.04. The normalized spacial score (nSPS) is 12.7. The van der Waals surface area contributed by atoms with E-state index in [1.165, 1.54) is 24.3 Å². The van der Waals surface area contributed by atoms with Crippen molar-refractivity contribution in [2.24, 2.45) is 0 Å². The third kappa shape index (κ3) is 4.37. The summed E-state index contributed by atoms with van der Waals surface area (Å²) in [5.74, 6) is 0.304. The van der Waals surface area contributed by atoms with E-state index in [0.29, 0.717) is 22.6 Å². The number of esters is 1. The Labute approximate surface area is 158 Å². The molecule has 1 aliphatic rings. The van der Waals surface area contributed by atoms with Crippen LogP contribution in [0.2, 0.25) is 0 Å². The lowest BCUT2D eigenvalue weighted by molar-refractivity contribution is -0.136. The van der Waals surface area contributed by atoms with Gasteiger partial charge in [-0.1, -0.05) is 24.3 Å². The lowest BCUT2D eigenvalue weighted by atomic mass is 10.0. The second kappa shape index (κ2) is 8.54. The molecule has 140 valence electrons. The Hall–Kier alpha value is -3.08. The van der Waals surface area contributed by atoms with Crippen LogP contribution in [0.15, 0.2) is 42.5 Å². The van der Waals surface area contributed by atoms with Crippen LogP contribution in [0.1, 0.15) is 33.5 Å². The summed E-state index contributed by atoms with van der Waals surface area (Å²) in [6, 6.07) is 11.1. The van der Waals surface area contributed by atoms with Crippen molar-refractivity contribution in [2.45, 2.75) is 19.3 Å². The second-order valence-electron chi connectivity index (χ2n) is 6.28. The Morgan fingerprint density at radius 1 is 1.04 bits per heavy atom. The van der Waals surface area contributed by atoms with Gasteiger partial charge in [-0.25, -0.2) is 4.79 Å². The molecule has 1 aliphatic carbocycles. The lowest BCUT2D eigenvalue weighted by Gasteiger charge is -2.09. The summed E-state index contributed by atoms with van der Waals surface area (Å²) in [5, 5.41) is 0. The Balaban J connectivity index is 1.60. The Morgan fingerprint density at radius 3 is 2.63 bits per heavy atom. The number of hydrogen-bond donors (Lipinski definition) is 0. The fraction of sp³-hybridized carbons (Fsp3) is 0.273. The number of rotatable bonds is 7. The van der Waals surface area contributed by atoms with Crippen LogP contribution in [0, 0.1) is 0 Å². The highest BCUT2D eigenvalue weighted by atomic mass is 16.5. The standard InChI is InChI=1S/C22H22O5/c1-25-20-8-4-6-16(22(20)26-2)11-12-21(24)27-14-19(23)18-10-9-15-5-3-7-17(15)13-18/h4,6,8-13H,3,5,7,14H2,1-2H3/b12-11+. The molecule has 3 rings (SSSR count). The van der Waals surface area contributed by atoms with Gasteiger partial charge in [-0.15, -0.1) is 0 Å². The van der Waals surface area contributed by atoms with Gasteiger partial charge in [0.15, 0.2) is 23.9 Å². The van der Waals surface area contributed by atoms with Crippen molar-refractivity contribution in [3.63, 3.8) is 0 Å². The predicted molar refractivity (Wildman–Crippen MR) is 102 cm³/mol. The highest BCUT2D eigenvalue weighted by Gasteiger charge is 2.15. The molecule has 2 aromatic carbocycles. The lowest BCUT2D eigenvalue weighted by Crippen LogP contribution is -2.12. The molecule has 2 aromatic rings. The number of carbonyl (C=O) groups is 2. The first-order valence-electron chi connectivity index (χ1n) is 8.83. The van der Waals surface area contributed by atoms with Gasteiger partial charge >= 0.3 is 5.97 Å². The van der Waals surface area contributed by atoms with Crippen molar-refractivity contribution >= 4 is 17.8 Å². The maximum atomic E-state index is 12.3. The van der Waals surface area contributed by atoms with E-state index in [1.807, 2.05) is 12.1 Å². The molecule has 0 bridgehead atoms. The Bertz CT molecular complexity index is 882. The van der Waals surface area contributed by atoms with E-state index in [4.69, 9.17) is 14.2 Å². The van der Waals surface area contributed by atoms with Crippen LogP contribution in [0.25, 0.3) is 6.08 Å². The topological polar surface area (TPSA) is 61.8 Å². The zero-order valence-electron chi connectivity index (χ0n) is 15.5. The van der Waals surface area contributed by atoms with Gasteiger partial charge < -0.3 is 14.2 Å². The number of ether oxygens (including phenoxy) is 3. The van der Waals surface area contributed by atoms with Gasteiger partial charge in [-0.05, 0) is 48.6 Å². The van der Waals surface area contributed by atoms with Gasteiger partial charge in [0, 0.05) is 17.2 Å². The highest BCUT2D eigenvalue weighted by molar-refractivity contribution is 5.99. The van der Waals surface area contributed by atoms with E-state index in [1.54, 1.807) is 37.5 Å². The first-order chi connectivity index (χ1) is 13.1. The molecule has 5 heteroatoms. The zero-order valence-corrected chi connectivity index (χ0v) is 15.5. The van der Waals surface area contributed by atoms with Crippen molar-refractivity contribution in [1.82, 2.24) is 0 Å². The van der Waals surface area contributed by atoms with Crippen molar-refractivity contribution in [3.8, 4) is 11.5 Å². The smallest absolute Gasteiger partial charge is 0.331 e. The van der Waals surface area contributed by atoms with Gasteiger partial charge in [0.1, 0.15) is 0 Å². The SMILES string of the molecule is COc1cccc(/C=C/C(=O)OCC(=O)c2ccc3c(c2)CCC3)c1OC. The van der Waals surface area contributed by atoms with Crippen molar-refractivity contribution in [3.05, 3.63) is 64.7 Å². The summed E-state index contributed by atoms with van der Waals surface area (Å²) >= 11 is 0. The molecule has 0 atom stereocenters. The molecule has 0 amide bonds. The van der Waals surface area contributed by atoms with Crippen LogP contribution in [-0.4, -0.2) is 32.6 Å². The number of aryl methyl sites for hydroxylation is 2. The maximum Gasteiger partial charge on any atom is 0.331 e. The van der Waals surface area contributed by atoms with Crippen LogP contribution in [-0.2, 0) is 22.4 Å². The Kier molecular flexibility index (Phi) is 5.91. The molecule has 0 aliphatic heterocycles. The van der Waals surface area contributed by atoms with Gasteiger partial charge in [-0.3, -0.25) is 4.79 Å². The predicted octanol–water partition coefficient (Wildman–Crippen LogP) is 3.63. The van der Waals surface area contributed by atoms with E-state index in [9.17, 15) is 9.59 Å². The fourth-order valence-electron chi connectivity index (χ4n) is 3.21. The minimum Gasteiger partial charge on any atom is -0.493 e. The molecule has 0 saturated heterocycles. The first-order valence-corrected chi connectivity index (χ1v) is 8.83. The molecule has 0 aromatic heterocycles. The number of para-hydroxylation sites is 1. The summed E-state index contributed by atoms with van der Waals surface area (Å²) in [7, 11) is 3.08. The third-order valence-corrected chi connectivity index (χ3v) is 4.60. The molecule has 0 fully saturated rings. The molecule has 0 radical (unpaired) electrons. The summed E-state index contributed by atoms with van der Waals surface area (Å²) in [5.41, 5.74) is 3.79. The van der Waals surface area contributed by atoms with E-state index >= 15 is 0 Å². The molecule has 0 saturated carbocycles. The van der Waals surface area contributed by atoms with Crippen molar-refractivity contribution in [1.29, 1.82) is 0 Å². The van der Waals surface area contributed by atoms with Gasteiger partial charge in [0.25, 0.3) is 0 Å². The van der Waals surface area contributed by atoms with Gasteiger partial charge in [0.05, 0.1) is 14.2 Å². The number of methoxy groups -OCH3 is 2. The summed E-state index contributed by atoms with van der Waals surface area (Å²) in [4.78, 5) is 24.2. The molecular weight excluding hydrogens is 344 g/mol. The number of carbonyl (C=O) groups excluding carboxylic acids is 2. The van der Waals surface area contributed by atoms with Crippen molar-refractivity contribution in [2.75, 3.05) is 20.8 Å². The zero-order chi connectivity index (χ0) is 19.2. The van der Waals surface area contributed by atoms with Gasteiger partial charge in [0.2, 0.25) is 0 Å². The van der Waals surface area contributed by atoms with Crippen molar-refractivity contribution < 1.29 is 23.8 Å². The number of hydrogen-bond acceptors (Lipinski definition) is 5. The molecule has 0 N–H and O–H groups in total. The second-order valence-corrected chi connectivity index (χ2v) is 6.28. The van der Waals surface area contributed by atoms with Gasteiger partial charge in [-0.2, -0.15) is 0 Å².